The molecule has 0 aliphatic carbocycles. The molecule has 1 unspecified atom stereocenters. The molecule has 0 aliphatic heterocycles. The molecular weight excluding hydrogens is 194 g/mol. The Balaban J connectivity index is 3.07. The molecule has 1 atom stereocenters. The molecule has 0 fully saturated rings. The summed E-state index contributed by atoms with van der Waals surface area (Å²) >= 11 is 0. The van der Waals surface area contributed by atoms with Gasteiger partial charge in [-0.1, -0.05) is 18.2 Å². The van der Waals surface area contributed by atoms with Gasteiger partial charge in [0.05, 0.1) is 19.1 Å². The number of benzene rings is 1. The van der Waals surface area contributed by atoms with E-state index in [1.807, 2.05) is 12.1 Å². The fourth-order valence-corrected chi connectivity index (χ4v) is 1.53. The normalized spacial score (nSPS) is 14.3. The number of para-hydroxylation sites is 1. The number of methoxy groups -OCH3 is 1. The molecule has 0 aromatic heterocycles. The second-order valence-electron chi connectivity index (χ2n) is 3.69. The summed E-state index contributed by atoms with van der Waals surface area (Å²) in [5.41, 5.74) is 5.74. The van der Waals surface area contributed by atoms with Gasteiger partial charge in [0.25, 0.3) is 0 Å². The highest BCUT2D eigenvalue weighted by Gasteiger charge is 2.27. The predicted octanol–water partition coefficient (Wildman–Crippen LogP) is 1.34. The van der Waals surface area contributed by atoms with Crippen molar-refractivity contribution in [3.8, 4) is 5.75 Å². The first-order chi connectivity index (χ1) is 6.97. The van der Waals surface area contributed by atoms with Crippen LogP contribution < -0.4 is 10.5 Å². The van der Waals surface area contributed by atoms with Crippen molar-refractivity contribution in [2.24, 2.45) is 5.73 Å². The number of rotatable bonds is 4. The zero-order valence-electron chi connectivity index (χ0n) is 8.86. The summed E-state index contributed by atoms with van der Waals surface area (Å²) in [6, 6.07) is 7.17. The maximum absolute atomic E-state index is 10.7. The van der Waals surface area contributed by atoms with Crippen molar-refractivity contribution in [3.63, 3.8) is 0 Å². The van der Waals surface area contributed by atoms with Crippen LogP contribution in [-0.4, -0.2) is 18.2 Å². The van der Waals surface area contributed by atoms with E-state index in [9.17, 15) is 4.79 Å². The van der Waals surface area contributed by atoms with Gasteiger partial charge in [-0.05, 0) is 13.0 Å². The molecule has 1 aromatic rings. The maximum Gasteiger partial charge on any atom is 0.305 e. The van der Waals surface area contributed by atoms with E-state index in [-0.39, 0.29) is 6.42 Å². The molecule has 3 N–H and O–H groups in total. The lowest BCUT2D eigenvalue weighted by Crippen LogP contribution is -2.35. The van der Waals surface area contributed by atoms with Crippen LogP contribution in [0.2, 0.25) is 0 Å². The Labute approximate surface area is 88.7 Å². The number of carbonyl (C=O) groups is 1. The van der Waals surface area contributed by atoms with Gasteiger partial charge in [0, 0.05) is 5.56 Å². The first-order valence-electron chi connectivity index (χ1n) is 4.61. The molecule has 0 bridgehead atoms. The van der Waals surface area contributed by atoms with Crippen LogP contribution in [0.3, 0.4) is 0 Å². The minimum absolute atomic E-state index is 0.132. The van der Waals surface area contributed by atoms with Gasteiger partial charge in [-0.2, -0.15) is 0 Å². The molecule has 0 saturated heterocycles. The average molecular weight is 209 g/mol. The van der Waals surface area contributed by atoms with Crippen LogP contribution in [0.25, 0.3) is 0 Å². The van der Waals surface area contributed by atoms with E-state index in [1.54, 1.807) is 19.1 Å². The summed E-state index contributed by atoms with van der Waals surface area (Å²) in [7, 11) is 1.54. The monoisotopic (exact) mass is 209 g/mol. The van der Waals surface area contributed by atoms with E-state index in [0.717, 1.165) is 0 Å². The first-order valence-corrected chi connectivity index (χ1v) is 4.61. The predicted molar refractivity (Wildman–Crippen MR) is 56.8 cm³/mol. The van der Waals surface area contributed by atoms with E-state index in [1.165, 1.54) is 7.11 Å². The number of hydrogen-bond acceptors (Lipinski definition) is 3. The van der Waals surface area contributed by atoms with Crippen LogP contribution in [0.5, 0.6) is 5.75 Å². The number of ether oxygens (including phenoxy) is 1. The molecule has 0 aliphatic rings. The summed E-state index contributed by atoms with van der Waals surface area (Å²) in [5.74, 6) is -0.311. The SMILES string of the molecule is COc1ccccc1C(C)(N)CC(=O)O. The van der Waals surface area contributed by atoms with E-state index in [0.29, 0.717) is 11.3 Å². The van der Waals surface area contributed by atoms with Gasteiger partial charge in [0.2, 0.25) is 0 Å². The third-order valence-electron chi connectivity index (χ3n) is 2.24. The highest BCUT2D eigenvalue weighted by Crippen LogP contribution is 2.29. The standard InChI is InChI=1S/C11H15NO3/c1-11(12,7-10(13)14)8-5-3-4-6-9(8)15-2/h3-6H,7,12H2,1-2H3,(H,13,14). The number of hydrogen-bond donors (Lipinski definition) is 2. The van der Waals surface area contributed by atoms with Gasteiger partial charge < -0.3 is 15.6 Å². The van der Waals surface area contributed by atoms with Gasteiger partial charge in [-0.15, -0.1) is 0 Å². The zero-order chi connectivity index (χ0) is 11.5. The Morgan fingerprint density at radius 3 is 2.67 bits per heavy atom. The average Bonchev–Trinajstić information content (AvgIpc) is 2.16. The Bertz CT molecular complexity index is 361. The van der Waals surface area contributed by atoms with Gasteiger partial charge in [-0.3, -0.25) is 4.79 Å². The first kappa shape index (κ1) is 11.5. The van der Waals surface area contributed by atoms with Crippen LogP contribution in [-0.2, 0) is 10.3 Å². The maximum atomic E-state index is 10.7. The largest absolute Gasteiger partial charge is 0.496 e. The third kappa shape index (κ3) is 2.70. The fourth-order valence-electron chi connectivity index (χ4n) is 1.53. The lowest BCUT2D eigenvalue weighted by atomic mass is 9.89. The van der Waals surface area contributed by atoms with Crippen molar-refractivity contribution in [2.45, 2.75) is 18.9 Å². The number of carboxylic acid groups (broad SMARTS) is 1. The second kappa shape index (κ2) is 4.31. The molecule has 0 spiro atoms. The quantitative estimate of drug-likeness (QED) is 0.785. The van der Waals surface area contributed by atoms with E-state index in [2.05, 4.69) is 0 Å². The number of carboxylic acids is 1. The smallest absolute Gasteiger partial charge is 0.305 e. The molecule has 1 rings (SSSR count). The number of nitrogens with two attached hydrogens (primary N) is 1. The van der Waals surface area contributed by atoms with Crippen LogP contribution in [0.1, 0.15) is 18.9 Å². The summed E-state index contributed by atoms with van der Waals surface area (Å²) in [6.45, 7) is 1.68. The third-order valence-corrected chi connectivity index (χ3v) is 2.24. The Hall–Kier alpha value is -1.55. The van der Waals surface area contributed by atoms with Crippen LogP contribution >= 0.6 is 0 Å². The Morgan fingerprint density at radius 1 is 1.53 bits per heavy atom. The molecule has 1 aromatic carbocycles. The second-order valence-corrected chi connectivity index (χ2v) is 3.69. The van der Waals surface area contributed by atoms with Crippen LogP contribution in [0, 0.1) is 0 Å². The van der Waals surface area contributed by atoms with Gasteiger partial charge in [0.1, 0.15) is 5.75 Å². The minimum Gasteiger partial charge on any atom is -0.496 e. The molecule has 0 radical (unpaired) electrons. The lowest BCUT2D eigenvalue weighted by Gasteiger charge is -2.25. The van der Waals surface area contributed by atoms with Crippen molar-refractivity contribution >= 4 is 5.97 Å². The van der Waals surface area contributed by atoms with E-state index in [4.69, 9.17) is 15.6 Å². The molecule has 4 nitrogen and oxygen atoms in total. The van der Waals surface area contributed by atoms with Gasteiger partial charge in [-0.25, -0.2) is 0 Å². The molecule has 0 amide bonds. The topological polar surface area (TPSA) is 72.5 Å². The Kier molecular flexibility index (Phi) is 3.31. The number of aliphatic carboxylic acids is 1. The summed E-state index contributed by atoms with van der Waals surface area (Å²) < 4.78 is 5.14. The molecule has 15 heavy (non-hydrogen) atoms. The van der Waals surface area contributed by atoms with Crippen LogP contribution in [0.15, 0.2) is 24.3 Å². The van der Waals surface area contributed by atoms with Gasteiger partial charge in [0.15, 0.2) is 0 Å². The van der Waals surface area contributed by atoms with Crippen molar-refractivity contribution in [3.05, 3.63) is 29.8 Å². The van der Waals surface area contributed by atoms with Crippen LogP contribution in [0.4, 0.5) is 0 Å². The van der Waals surface area contributed by atoms with Crippen molar-refractivity contribution < 1.29 is 14.6 Å². The minimum atomic E-state index is -0.925. The van der Waals surface area contributed by atoms with Crippen molar-refractivity contribution in [2.75, 3.05) is 7.11 Å². The van der Waals surface area contributed by atoms with E-state index >= 15 is 0 Å². The van der Waals surface area contributed by atoms with E-state index < -0.39 is 11.5 Å². The summed E-state index contributed by atoms with van der Waals surface area (Å²) in [5, 5.41) is 8.75. The summed E-state index contributed by atoms with van der Waals surface area (Å²) in [4.78, 5) is 10.7. The molecule has 0 heterocycles. The highest BCUT2D eigenvalue weighted by molar-refractivity contribution is 5.69. The summed E-state index contributed by atoms with van der Waals surface area (Å²) in [6.07, 6.45) is -0.132. The fraction of sp³-hybridized carbons (Fsp3) is 0.364. The zero-order valence-corrected chi connectivity index (χ0v) is 8.86. The molecule has 0 saturated carbocycles. The molecular formula is C11H15NO3. The van der Waals surface area contributed by atoms with Crippen molar-refractivity contribution in [1.29, 1.82) is 0 Å². The highest BCUT2D eigenvalue weighted by atomic mass is 16.5. The van der Waals surface area contributed by atoms with Gasteiger partial charge >= 0.3 is 5.97 Å². The molecule has 82 valence electrons. The Morgan fingerprint density at radius 2 is 2.13 bits per heavy atom. The van der Waals surface area contributed by atoms with Crippen molar-refractivity contribution in [1.82, 2.24) is 0 Å². The molecule has 4 heteroatoms. The lowest BCUT2D eigenvalue weighted by molar-refractivity contribution is -0.138.